The second kappa shape index (κ2) is 8.73. The molecule has 1 aliphatic heterocycles. The molecule has 2 unspecified atom stereocenters. The van der Waals surface area contributed by atoms with Gasteiger partial charge in [0, 0.05) is 24.8 Å². The molecular weight excluding hydrogens is 368 g/mol. The molecule has 140 valence electrons. The van der Waals surface area contributed by atoms with Gasteiger partial charge in [0.05, 0.1) is 12.9 Å². The SMILES string of the molecule is COc1cccc(Nc2nnc(SCC(=O)N3CC(C)CC(C)C3)s2)c1. The van der Waals surface area contributed by atoms with Gasteiger partial charge < -0.3 is 15.0 Å². The molecule has 2 aromatic rings. The summed E-state index contributed by atoms with van der Waals surface area (Å²) in [5, 5.41) is 12.2. The van der Waals surface area contributed by atoms with Gasteiger partial charge >= 0.3 is 0 Å². The van der Waals surface area contributed by atoms with Crippen molar-refractivity contribution in [1.82, 2.24) is 15.1 Å². The second-order valence-electron chi connectivity index (χ2n) is 6.76. The minimum Gasteiger partial charge on any atom is -0.497 e. The molecule has 26 heavy (non-hydrogen) atoms. The summed E-state index contributed by atoms with van der Waals surface area (Å²) in [5.74, 6) is 2.53. The number of carbonyl (C=O) groups excluding carboxylic acids is 1. The number of hydrogen-bond acceptors (Lipinski definition) is 7. The Morgan fingerprint density at radius 3 is 2.85 bits per heavy atom. The number of rotatable bonds is 6. The normalized spacial score (nSPS) is 20.0. The van der Waals surface area contributed by atoms with Crippen molar-refractivity contribution in [2.75, 3.05) is 31.3 Å². The van der Waals surface area contributed by atoms with Crippen LogP contribution >= 0.6 is 23.1 Å². The van der Waals surface area contributed by atoms with Crippen LogP contribution in [-0.4, -0.2) is 47.0 Å². The van der Waals surface area contributed by atoms with Crippen LogP contribution in [0.4, 0.5) is 10.8 Å². The summed E-state index contributed by atoms with van der Waals surface area (Å²) in [5.41, 5.74) is 0.893. The molecule has 0 radical (unpaired) electrons. The molecule has 0 spiro atoms. The third-order valence-electron chi connectivity index (χ3n) is 4.27. The van der Waals surface area contributed by atoms with Crippen molar-refractivity contribution in [2.24, 2.45) is 11.8 Å². The van der Waals surface area contributed by atoms with E-state index in [9.17, 15) is 4.79 Å². The Hall–Kier alpha value is -1.80. The van der Waals surface area contributed by atoms with Crippen molar-refractivity contribution >= 4 is 39.8 Å². The van der Waals surface area contributed by atoms with Gasteiger partial charge in [0.25, 0.3) is 0 Å². The zero-order chi connectivity index (χ0) is 18.5. The predicted octanol–water partition coefficient (Wildman–Crippen LogP) is 3.89. The highest BCUT2D eigenvalue weighted by atomic mass is 32.2. The lowest BCUT2D eigenvalue weighted by Crippen LogP contribution is -2.43. The van der Waals surface area contributed by atoms with Gasteiger partial charge in [0.15, 0.2) is 4.34 Å². The Labute approximate surface area is 162 Å². The molecular formula is C18H24N4O2S2. The fourth-order valence-corrected chi connectivity index (χ4v) is 4.90. The first-order valence-electron chi connectivity index (χ1n) is 8.68. The molecule has 1 aromatic carbocycles. The molecule has 3 rings (SSSR count). The maximum absolute atomic E-state index is 12.5. The van der Waals surface area contributed by atoms with Crippen molar-refractivity contribution in [3.63, 3.8) is 0 Å². The van der Waals surface area contributed by atoms with Crippen LogP contribution in [-0.2, 0) is 4.79 Å². The highest BCUT2D eigenvalue weighted by Crippen LogP contribution is 2.29. The number of benzene rings is 1. The van der Waals surface area contributed by atoms with Gasteiger partial charge in [-0.25, -0.2) is 0 Å². The molecule has 0 saturated carbocycles. The summed E-state index contributed by atoms with van der Waals surface area (Å²) in [4.78, 5) is 14.5. The number of methoxy groups -OCH3 is 1. The average Bonchev–Trinajstić information content (AvgIpc) is 3.06. The van der Waals surface area contributed by atoms with Crippen LogP contribution < -0.4 is 10.1 Å². The van der Waals surface area contributed by atoms with E-state index in [0.29, 0.717) is 22.7 Å². The number of thioether (sulfide) groups is 1. The number of carbonyl (C=O) groups is 1. The summed E-state index contributed by atoms with van der Waals surface area (Å²) in [6, 6.07) is 7.65. The number of anilines is 2. The van der Waals surface area contributed by atoms with E-state index in [1.165, 1.54) is 29.5 Å². The molecule has 1 saturated heterocycles. The van der Waals surface area contributed by atoms with Gasteiger partial charge in [0.1, 0.15) is 5.75 Å². The van der Waals surface area contributed by atoms with Crippen LogP contribution in [0.25, 0.3) is 0 Å². The summed E-state index contributed by atoms with van der Waals surface area (Å²) >= 11 is 2.90. The average molecular weight is 393 g/mol. The molecule has 2 heterocycles. The molecule has 0 aliphatic carbocycles. The van der Waals surface area contributed by atoms with Crippen molar-refractivity contribution < 1.29 is 9.53 Å². The lowest BCUT2D eigenvalue weighted by Gasteiger charge is -2.34. The van der Waals surface area contributed by atoms with Gasteiger partial charge in [-0.15, -0.1) is 10.2 Å². The molecule has 6 nitrogen and oxygen atoms in total. The van der Waals surface area contributed by atoms with Crippen molar-refractivity contribution in [2.45, 2.75) is 24.6 Å². The van der Waals surface area contributed by atoms with E-state index in [1.807, 2.05) is 29.2 Å². The Balaban J connectivity index is 1.52. The lowest BCUT2D eigenvalue weighted by molar-refractivity contribution is -0.130. The molecule has 2 atom stereocenters. The number of nitrogens with zero attached hydrogens (tertiary/aromatic N) is 3. The molecule has 1 aromatic heterocycles. The van der Waals surface area contributed by atoms with E-state index in [0.717, 1.165) is 28.9 Å². The fourth-order valence-electron chi connectivity index (χ4n) is 3.22. The molecule has 1 amide bonds. The van der Waals surface area contributed by atoms with Crippen LogP contribution in [0.1, 0.15) is 20.3 Å². The number of aromatic nitrogens is 2. The standard InChI is InChI=1S/C18H24N4O2S2/c1-12-7-13(2)10-22(9-12)16(23)11-25-18-21-20-17(26-18)19-14-5-4-6-15(8-14)24-3/h4-6,8,12-13H,7,9-11H2,1-3H3,(H,19,20). The van der Waals surface area contributed by atoms with Crippen LogP contribution in [0.5, 0.6) is 5.75 Å². The third-order valence-corrected chi connectivity index (χ3v) is 6.22. The zero-order valence-corrected chi connectivity index (χ0v) is 16.9. The van der Waals surface area contributed by atoms with Crippen LogP contribution in [0.15, 0.2) is 28.6 Å². The van der Waals surface area contributed by atoms with E-state index < -0.39 is 0 Å². The first-order chi connectivity index (χ1) is 12.5. The van der Waals surface area contributed by atoms with Crippen LogP contribution in [0.3, 0.4) is 0 Å². The molecule has 1 aliphatic rings. The molecule has 1 fully saturated rings. The van der Waals surface area contributed by atoms with Crippen molar-refractivity contribution in [3.05, 3.63) is 24.3 Å². The number of ether oxygens (including phenoxy) is 1. The van der Waals surface area contributed by atoms with E-state index in [4.69, 9.17) is 4.74 Å². The van der Waals surface area contributed by atoms with E-state index in [1.54, 1.807) is 7.11 Å². The maximum atomic E-state index is 12.5. The Bertz CT molecular complexity index is 742. The predicted molar refractivity (Wildman–Crippen MR) is 106 cm³/mol. The van der Waals surface area contributed by atoms with Gasteiger partial charge in [-0.1, -0.05) is 43.0 Å². The van der Waals surface area contributed by atoms with Crippen LogP contribution in [0.2, 0.25) is 0 Å². The first-order valence-corrected chi connectivity index (χ1v) is 10.5. The Morgan fingerprint density at radius 1 is 1.35 bits per heavy atom. The maximum Gasteiger partial charge on any atom is 0.233 e. The molecule has 0 bridgehead atoms. The molecule has 1 N–H and O–H groups in total. The van der Waals surface area contributed by atoms with Gasteiger partial charge in [-0.2, -0.15) is 0 Å². The Morgan fingerprint density at radius 2 is 2.12 bits per heavy atom. The van der Waals surface area contributed by atoms with Gasteiger partial charge in [-0.05, 0) is 30.4 Å². The first kappa shape index (κ1) is 19.0. The summed E-state index contributed by atoms with van der Waals surface area (Å²) in [6.45, 7) is 6.15. The minimum absolute atomic E-state index is 0.186. The van der Waals surface area contributed by atoms with Crippen LogP contribution in [0, 0.1) is 11.8 Å². The van der Waals surface area contributed by atoms with E-state index in [2.05, 4.69) is 29.4 Å². The minimum atomic E-state index is 0.186. The molecule has 8 heteroatoms. The Kier molecular flexibility index (Phi) is 6.37. The highest BCUT2D eigenvalue weighted by Gasteiger charge is 2.25. The third kappa shape index (κ3) is 5.11. The fraction of sp³-hybridized carbons (Fsp3) is 0.500. The quantitative estimate of drug-likeness (QED) is 0.753. The largest absolute Gasteiger partial charge is 0.497 e. The summed E-state index contributed by atoms with van der Waals surface area (Å²) in [6.07, 6.45) is 1.20. The topological polar surface area (TPSA) is 67.3 Å². The van der Waals surface area contributed by atoms with Gasteiger partial charge in [0.2, 0.25) is 11.0 Å². The lowest BCUT2D eigenvalue weighted by atomic mass is 9.92. The van der Waals surface area contributed by atoms with Crippen molar-refractivity contribution in [1.29, 1.82) is 0 Å². The number of piperidine rings is 1. The van der Waals surface area contributed by atoms with Crippen molar-refractivity contribution in [3.8, 4) is 5.75 Å². The monoisotopic (exact) mass is 392 g/mol. The van der Waals surface area contributed by atoms with E-state index >= 15 is 0 Å². The number of amides is 1. The number of nitrogens with one attached hydrogen (secondary N) is 1. The zero-order valence-electron chi connectivity index (χ0n) is 15.3. The summed E-state index contributed by atoms with van der Waals surface area (Å²) < 4.78 is 6.01. The smallest absolute Gasteiger partial charge is 0.233 e. The van der Waals surface area contributed by atoms with E-state index in [-0.39, 0.29) is 5.91 Å². The summed E-state index contributed by atoms with van der Waals surface area (Å²) in [7, 11) is 1.64. The van der Waals surface area contributed by atoms with Gasteiger partial charge in [-0.3, -0.25) is 4.79 Å². The second-order valence-corrected chi connectivity index (χ2v) is 8.96. The highest BCUT2D eigenvalue weighted by molar-refractivity contribution is 8.01. The number of hydrogen-bond donors (Lipinski definition) is 1. The number of likely N-dealkylation sites (tertiary alicyclic amines) is 1.